The van der Waals surface area contributed by atoms with Gasteiger partial charge in [0.15, 0.2) is 0 Å². The molecule has 0 saturated heterocycles. The van der Waals surface area contributed by atoms with Gasteiger partial charge in [-0.1, -0.05) is 0 Å². The molecule has 0 saturated carbocycles. The molecule has 0 aliphatic rings. The SMILES string of the molecule is CCCC(=O)OC[Se]c1ccccc1C(=O)NCCC(N)=O. The Kier molecular flexibility index (Phi) is 8.25. The predicted octanol–water partition coefficient (Wildman–Crippen LogP) is -0.0779. The molecular formula is C15H20N2O4Se. The van der Waals surface area contributed by atoms with Gasteiger partial charge in [-0.3, -0.25) is 0 Å². The van der Waals surface area contributed by atoms with Crippen LogP contribution in [0.25, 0.3) is 0 Å². The summed E-state index contributed by atoms with van der Waals surface area (Å²) in [7, 11) is 0. The van der Waals surface area contributed by atoms with E-state index in [0.717, 1.165) is 10.9 Å². The number of nitrogens with one attached hydrogen (secondary N) is 1. The second-order valence-electron chi connectivity index (χ2n) is 4.50. The van der Waals surface area contributed by atoms with E-state index in [1.54, 1.807) is 12.1 Å². The van der Waals surface area contributed by atoms with E-state index in [-0.39, 0.29) is 39.8 Å². The number of amides is 2. The van der Waals surface area contributed by atoms with Crippen molar-refractivity contribution in [2.24, 2.45) is 5.73 Å². The average Bonchev–Trinajstić information content (AvgIpc) is 2.47. The van der Waals surface area contributed by atoms with Crippen molar-refractivity contribution in [2.45, 2.75) is 26.2 Å². The summed E-state index contributed by atoms with van der Waals surface area (Å²) in [5.74, 6) is -0.924. The zero-order valence-electron chi connectivity index (χ0n) is 12.5. The second-order valence-corrected chi connectivity index (χ2v) is 6.52. The summed E-state index contributed by atoms with van der Waals surface area (Å²) in [6, 6.07) is 7.16. The molecule has 0 spiro atoms. The molecule has 7 heteroatoms. The van der Waals surface area contributed by atoms with Gasteiger partial charge in [0, 0.05) is 0 Å². The van der Waals surface area contributed by atoms with Gasteiger partial charge in [0.25, 0.3) is 0 Å². The van der Waals surface area contributed by atoms with Gasteiger partial charge in [0.05, 0.1) is 0 Å². The van der Waals surface area contributed by atoms with Crippen LogP contribution in [0, 0.1) is 0 Å². The Balaban J connectivity index is 2.55. The second kappa shape index (κ2) is 9.97. The van der Waals surface area contributed by atoms with E-state index < -0.39 is 5.91 Å². The first-order valence-corrected chi connectivity index (χ1v) is 9.05. The molecule has 0 fully saturated rings. The van der Waals surface area contributed by atoms with Crippen LogP contribution in [0.4, 0.5) is 0 Å². The van der Waals surface area contributed by atoms with E-state index in [1.165, 1.54) is 0 Å². The van der Waals surface area contributed by atoms with Crippen LogP contribution in [0.5, 0.6) is 0 Å². The van der Waals surface area contributed by atoms with Crippen LogP contribution in [0.15, 0.2) is 24.3 Å². The summed E-state index contributed by atoms with van der Waals surface area (Å²) in [5, 5.41) is 2.65. The maximum atomic E-state index is 12.1. The molecule has 0 aliphatic carbocycles. The predicted molar refractivity (Wildman–Crippen MR) is 83.8 cm³/mol. The molecule has 0 atom stereocenters. The van der Waals surface area contributed by atoms with Crippen molar-refractivity contribution in [1.29, 1.82) is 0 Å². The third kappa shape index (κ3) is 6.74. The number of esters is 1. The van der Waals surface area contributed by atoms with E-state index in [9.17, 15) is 14.4 Å². The van der Waals surface area contributed by atoms with Gasteiger partial charge in [0.2, 0.25) is 0 Å². The normalized spacial score (nSPS) is 10.0. The zero-order valence-corrected chi connectivity index (χ0v) is 14.2. The number of hydrogen-bond acceptors (Lipinski definition) is 4. The number of primary amides is 1. The van der Waals surface area contributed by atoms with E-state index in [0.29, 0.717) is 17.5 Å². The standard InChI is InChI=1S/C15H20N2O4Se/c1-2-5-14(19)21-10-22-12-7-4-3-6-11(12)15(20)17-9-8-13(16)18/h3-4,6-7H,2,5,8-10H2,1H3,(H2,16,18)(H,17,20). The topological polar surface area (TPSA) is 98.5 Å². The van der Waals surface area contributed by atoms with E-state index >= 15 is 0 Å². The molecule has 0 aromatic heterocycles. The number of hydrogen-bond donors (Lipinski definition) is 2. The quantitative estimate of drug-likeness (QED) is 0.469. The number of carbonyl (C=O) groups excluding carboxylic acids is 3. The number of benzene rings is 1. The Morgan fingerprint density at radius 2 is 1.95 bits per heavy atom. The first-order valence-electron chi connectivity index (χ1n) is 6.98. The van der Waals surface area contributed by atoms with Crippen LogP contribution in [0.1, 0.15) is 36.5 Å². The molecule has 6 nitrogen and oxygen atoms in total. The molecular weight excluding hydrogens is 351 g/mol. The Morgan fingerprint density at radius 1 is 1.23 bits per heavy atom. The van der Waals surface area contributed by atoms with Crippen LogP contribution in [0.2, 0.25) is 0 Å². The zero-order chi connectivity index (χ0) is 16.4. The summed E-state index contributed by atoms with van der Waals surface area (Å²) >= 11 is -0.138. The van der Waals surface area contributed by atoms with Crippen molar-refractivity contribution in [3.8, 4) is 0 Å². The van der Waals surface area contributed by atoms with E-state index in [4.69, 9.17) is 10.5 Å². The van der Waals surface area contributed by atoms with Gasteiger partial charge in [-0.25, -0.2) is 0 Å². The maximum absolute atomic E-state index is 12.1. The minimum atomic E-state index is -0.458. The van der Waals surface area contributed by atoms with Gasteiger partial charge in [-0.2, -0.15) is 0 Å². The third-order valence-corrected chi connectivity index (χ3v) is 4.57. The van der Waals surface area contributed by atoms with Crippen LogP contribution in [-0.2, 0) is 14.3 Å². The van der Waals surface area contributed by atoms with E-state index in [2.05, 4.69) is 5.32 Å². The fraction of sp³-hybridized carbons (Fsp3) is 0.400. The molecule has 0 unspecified atom stereocenters. The van der Waals surface area contributed by atoms with Gasteiger partial charge >= 0.3 is 135 Å². The third-order valence-electron chi connectivity index (χ3n) is 2.68. The first-order chi connectivity index (χ1) is 10.5. The summed E-state index contributed by atoms with van der Waals surface area (Å²) in [6.07, 6.45) is 1.27. The van der Waals surface area contributed by atoms with Crippen molar-refractivity contribution >= 4 is 37.2 Å². The van der Waals surface area contributed by atoms with Crippen LogP contribution < -0.4 is 15.5 Å². The molecule has 1 aromatic carbocycles. The fourth-order valence-corrected chi connectivity index (χ4v) is 3.31. The molecule has 1 rings (SSSR count). The Labute approximate surface area is 135 Å². The number of ether oxygens (including phenoxy) is 1. The summed E-state index contributed by atoms with van der Waals surface area (Å²) in [6.45, 7) is 2.12. The molecule has 0 heterocycles. The van der Waals surface area contributed by atoms with Crippen LogP contribution in [-0.4, -0.2) is 44.8 Å². The van der Waals surface area contributed by atoms with Crippen LogP contribution in [0.3, 0.4) is 0 Å². The molecule has 0 radical (unpaired) electrons. The van der Waals surface area contributed by atoms with Crippen molar-refractivity contribution in [3.05, 3.63) is 29.8 Å². The van der Waals surface area contributed by atoms with Crippen molar-refractivity contribution in [2.75, 3.05) is 12.1 Å². The van der Waals surface area contributed by atoms with Crippen molar-refractivity contribution in [3.63, 3.8) is 0 Å². The van der Waals surface area contributed by atoms with Crippen molar-refractivity contribution < 1.29 is 19.1 Å². The molecule has 120 valence electrons. The Hall–Kier alpha value is -1.85. The summed E-state index contributed by atoms with van der Waals surface area (Å²) < 4.78 is 5.99. The van der Waals surface area contributed by atoms with Gasteiger partial charge in [-0.05, 0) is 0 Å². The number of nitrogens with two attached hydrogens (primary N) is 1. The Bertz CT molecular complexity index is 534. The van der Waals surface area contributed by atoms with Crippen LogP contribution >= 0.6 is 0 Å². The van der Waals surface area contributed by atoms with E-state index in [1.807, 2.05) is 19.1 Å². The molecule has 2 amide bonds. The fourth-order valence-electron chi connectivity index (χ4n) is 1.61. The molecule has 0 aliphatic heterocycles. The molecule has 0 bridgehead atoms. The van der Waals surface area contributed by atoms with Gasteiger partial charge in [0.1, 0.15) is 0 Å². The van der Waals surface area contributed by atoms with Crippen molar-refractivity contribution in [1.82, 2.24) is 5.32 Å². The van der Waals surface area contributed by atoms with Gasteiger partial charge in [-0.15, -0.1) is 0 Å². The first kappa shape index (κ1) is 18.2. The summed E-state index contributed by atoms with van der Waals surface area (Å²) in [5.41, 5.74) is 5.87. The molecule has 1 aromatic rings. The molecule has 22 heavy (non-hydrogen) atoms. The number of carbonyl (C=O) groups is 3. The number of rotatable bonds is 9. The molecule has 3 N–H and O–H groups in total. The minimum absolute atomic E-state index is 0.105. The van der Waals surface area contributed by atoms with Gasteiger partial charge < -0.3 is 0 Å². The summed E-state index contributed by atoms with van der Waals surface area (Å²) in [4.78, 5) is 34.1. The Morgan fingerprint density at radius 3 is 2.64 bits per heavy atom. The monoisotopic (exact) mass is 372 g/mol. The average molecular weight is 371 g/mol.